The number of aromatic nitrogens is 1. The number of anilines is 1. The molecule has 1 N–H and O–H groups in total. The van der Waals surface area contributed by atoms with Gasteiger partial charge in [-0.2, -0.15) is 4.98 Å². The second-order valence-electron chi connectivity index (χ2n) is 4.30. The molecule has 0 fully saturated rings. The molecule has 0 radical (unpaired) electrons. The van der Waals surface area contributed by atoms with Crippen LogP contribution < -0.4 is 5.32 Å². The van der Waals surface area contributed by atoms with Crippen LogP contribution in [0.1, 0.15) is 31.7 Å². The Balaban J connectivity index is 1.93. The van der Waals surface area contributed by atoms with Gasteiger partial charge in [0.05, 0.1) is 6.54 Å². The van der Waals surface area contributed by atoms with E-state index in [2.05, 4.69) is 29.1 Å². The first kappa shape index (κ1) is 12.5. The fraction of sp³-hybridized carbons (Fsp3) is 0.400. The van der Waals surface area contributed by atoms with Crippen molar-refractivity contribution < 1.29 is 4.42 Å². The normalized spacial score (nSPS) is 10.1. The summed E-state index contributed by atoms with van der Waals surface area (Å²) in [4.78, 5) is 4.36. The molecule has 1 aromatic carbocycles. The van der Waals surface area contributed by atoms with Gasteiger partial charge in [0.15, 0.2) is 5.58 Å². The summed E-state index contributed by atoms with van der Waals surface area (Å²) < 4.78 is 5.56. The topological polar surface area (TPSA) is 38.1 Å². The van der Waals surface area contributed by atoms with Gasteiger partial charge >= 0.3 is 0 Å². The molecule has 2 rings (SSSR count). The highest BCUT2D eigenvalue weighted by atomic mass is 16.4. The van der Waals surface area contributed by atoms with Crippen LogP contribution in [0.2, 0.25) is 0 Å². The fourth-order valence-corrected chi connectivity index (χ4v) is 1.65. The van der Waals surface area contributed by atoms with Crippen molar-refractivity contribution in [3.63, 3.8) is 0 Å². The highest BCUT2D eigenvalue weighted by Crippen LogP contribution is 2.19. The predicted molar refractivity (Wildman–Crippen MR) is 74.5 cm³/mol. The number of nitrogens with one attached hydrogen (secondary N) is 1. The Morgan fingerprint density at radius 1 is 1.33 bits per heavy atom. The Morgan fingerprint density at radius 3 is 3.06 bits per heavy atom. The van der Waals surface area contributed by atoms with Crippen LogP contribution in [0.3, 0.4) is 0 Å². The Morgan fingerprint density at radius 2 is 2.22 bits per heavy atom. The van der Waals surface area contributed by atoms with E-state index in [1.165, 1.54) is 12.0 Å². The van der Waals surface area contributed by atoms with E-state index in [1.807, 2.05) is 25.1 Å². The third-order valence-corrected chi connectivity index (χ3v) is 2.65. The Labute approximate surface area is 108 Å². The zero-order valence-electron chi connectivity index (χ0n) is 10.9. The monoisotopic (exact) mass is 242 g/mol. The number of aryl methyl sites for hydroxylation is 1. The van der Waals surface area contributed by atoms with Gasteiger partial charge in [-0.25, -0.2) is 0 Å². The molecule has 0 amide bonds. The third-order valence-electron chi connectivity index (χ3n) is 2.65. The van der Waals surface area contributed by atoms with Crippen molar-refractivity contribution in [2.24, 2.45) is 0 Å². The third kappa shape index (κ3) is 3.27. The van der Waals surface area contributed by atoms with Crippen molar-refractivity contribution >= 4 is 17.1 Å². The summed E-state index contributed by atoms with van der Waals surface area (Å²) in [6, 6.07) is 6.51. The Bertz CT molecular complexity index is 575. The van der Waals surface area contributed by atoms with Gasteiger partial charge in [-0.05, 0) is 31.0 Å². The summed E-state index contributed by atoms with van der Waals surface area (Å²) in [5.74, 6) is 6.18. The molecule has 0 saturated heterocycles. The van der Waals surface area contributed by atoms with Crippen LogP contribution in [0.25, 0.3) is 11.1 Å². The minimum atomic E-state index is 0.542. The van der Waals surface area contributed by atoms with Crippen LogP contribution in [-0.2, 0) is 0 Å². The molecular formula is C15H18N2O. The molecule has 0 spiro atoms. The van der Waals surface area contributed by atoms with Gasteiger partial charge in [0.25, 0.3) is 6.01 Å². The smallest absolute Gasteiger partial charge is 0.296 e. The molecule has 0 aliphatic rings. The summed E-state index contributed by atoms with van der Waals surface area (Å²) in [7, 11) is 0. The van der Waals surface area contributed by atoms with Crippen molar-refractivity contribution in [1.29, 1.82) is 0 Å². The molecule has 0 aliphatic heterocycles. The molecule has 2 aromatic rings. The van der Waals surface area contributed by atoms with Gasteiger partial charge in [-0.15, -0.1) is 5.92 Å². The first-order valence-electron chi connectivity index (χ1n) is 6.36. The molecule has 1 aromatic heterocycles. The molecule has 0 atom stereocenters. The number of unbranched alkanes of at least 4 members (excludes halogenated alkanes) is 2. The molecule has 0 saturated carbocycles. The van der Waals surface area contributed by atoms with E-state index < -0.39 is 0 Å². The second kappa shape index (κ2) is 6.11. The summed E-state index contributed by atoms with van der Waals surface area (Å²) in [5, 5.41) is 3.08. The van der Waals surface area contributed by atoms with Gasteiger partial charge in [-0.3, -0.25) is 0 Å². The van der Waals surface area contributed by atoms with Gasteiger partial charge in [0.1, 0.15) is 5.52 Å². The molecule has 0 bridgehead atoms. The summed E-state index contributed by atoms with van der Waals surface area (Å²) in [6.45, 7) is 4.79. The maximum absolute atomic E-state index is 5.56. The lowest BCUT2D eigenvalue weighted by Gasteiger charge is -1.92. The molecule has 0 aliphatic carbocycles. The zero-order valence-corrected chi connectivity index (χ0v) is 10.9. The summed E-state index contributed by atoms with van der Waals surface area (Å²) in [5.41, 5.74) is 2.88. The zero-order chi connectivity index (χ0) is 12.8. The Hall–Kier alpha value is -1.95. The lowest BCUT2D eigenvalue weighted by Crippen LogP contribution is -1.98. The van der Waals surface area contributed by atoms with Gasteiger partial charge in [-0.1, -0.05) is 25.3 Å². The predicted octanol–water partition coefficient (Wildman–Crippen LogP) is 3.74. The van der Waals surface area contributed by atoms with E-state index in [9.17, 15) is 0 Å². The lowest BCUT2D eigenvalue weighted by atomic mass is 10.2. The Kier molecular flexibility index (Phi) is 4.25. The summed E-state index contributed by atoms with van der Waals surface area (Å²) in [6.07, 6.45) is 3.31. The average molecular weight is 242 g/mol. The van der Waals surface area contributed by atoms with Crippen LogP contribution in [-0.4, -0.2) is 11.5 Å². The highest BCUT2D eigenvalue weighted by molar-refractivity contribution is 5.75. The van der Waals surface area contributed by atoms with Gasteiger partial charge in [0, 0.05) is 6.42 Å². The van der Waals surface area contributed by atoms with Gasteiger partial charge < -0.3 is 9.73 Å². The van der Waals surface area contributed by atoms with Crippen LogP contribution in [0.5, 0.6) is 0 Å². The van der Waals surface area contributed by atoms with Crippen LogP contribution in [0.15, 0.2) is 22.6 Å². The van der Waals surface area contributed by atoms with Crippen LogP contribution in [0, 0.1) is 18.8 Å². The van der Waals surface area contributed by atoms with Crippen molar-refractivity contribution in [1.82, 2.24) is 4.98 Å². The molecule has 0 unspecified atom stereocenters. The summed E-state index contributed by atoms with van der Waals surface area (Å²) >= 11 is 0. The number of hydrogen-bond donors (Lipinski definition) is 1. The van der Waals surface area contributed by atoms with E-state index >= 15 is 0 Å². The fourth-order valence-electron chi connectivity index (χ4n) is 1.65. The number of hydrogen-bond acceptors (Lipinski definition) is 3. The number of fused-ring (bicyclic) bond motifs is 1. The molecule has 3 heteroatoms. The standard InChI is InChI=1S/C15H18N2O/c1-3-4-5-6-7-10-16-15-17-13-11-12(2)8-9-14(13)18-15/h8-9,11H,3-5,10H2,1-2H3,(H,16,17). The number of oxazole rings is 1. The van der Waals surface area contributed by atoms with Crippen molar-refractivity contribution in [3.05, 3.63) is 23.8 Å². The molecular weight excluding hydrogens is 224 g/mol. The van der Waals surface area contributed by atoms with Crippen molar-refractivity contribution in [2.45, 2.75) is 33.1 Å². The second-order valence-corrected chi connectivity index (χ2v) is 4.30. The van der Waals surface area contributed by atoms with Crippen LogP contribution >= 0.6 is 0 Å². The molecule has 3 nitrogen and oxygen atoms in total. The van der Waals surface area contributed by atoms with E-state index in [4.69, 9.17) is 4.42 Å². The van der Waals surface area contributed by atoms with E-state index in [1.54, 1.807) is 0 Å². The number of rotatable bonds is 4. The highest BCUT2D eigenvalue weighted by Gasteiger charge is 2.03. The number of benzene rings is 1. The number of nitrogens with zero attached hydrogens (tertiary/aromatic N) is 1. The first-order valence-corrected chi connectivity index (χ1v) is 6.36. The molecule has 94 valence electrons. The lowest BCUT2D eigenvalue weighted by molar-refractivity contribution is 0.618. The molecule has 1 heterocycles. The largest absolute Gasteiger partial charge is 0.424 e. The SMILES string of the molecule is CCCCC#CCNc1nc2cc(C)ccc2o1. The van der Waals surface area contributed by atoms with E-state index in [0.717, 1.165) is 23.9 Å². The van der Waals surface area contributed by atoms with Crippen LogP contribution in [0.4, 0.5) is 6.01 Å². The van der Waals surface area contributed by atoms with E-state index in [0.29, 0.717) is 12.6 Å². The first-order chi connectivity index (χ1) is 8.79. The average Bonchev–Trinajstić information content (AvgIpc) is 2.75. The van der Waals surface area contributed by atoms with Gasteiger partial charge in [0.2, 0.25) is 0 Å². The maximum atomic E-state index is 5.56. The minimum absolute atomic E-state index is 0.542. The van der Waals surface area contributed by atoms with Crippen molar-refractivity contribution in [3.8, 4) is 11.8 Å². The molecule has 18 heavy (non-hydrogen) atoms. The maximum Gasteiger partial charge on any atom is 0.296 e. The quantitative estimate of drug-likeness (QED) is 0.655. The van der Waals surface area contributed by atoms with Crippen molar-refractivity contribution in [2.75, 3.05) is 11.9 Å². The van der Waals surface area contributed by atoms with E-state index in [-0.39, 0.29) is 0 Å². The minimum Gasteiger partial charge on any atom is -0.424 e.